The first-order valence-corrected chi connectivity index (χ1v) is 9.65. The van der Waals surface area contributed by atoms with E-state index in [-0.39, 0.29) is 12.5 Å². The molecular formula is C20H22Cl2N2O2. The summed E-state index contributed by atoms with van der Waals surface area (Å²) in [7, 11) is 0. The lowest BCUT2D eigenvalue weighted by Gasteiger charge is -2.26. The zero-order valence-corrected chi connectivity index (χ0v) is 16.0. The highest BCUT2D eigenvalue weighted by Crippen LogP contribution is 2.27. The molecule has 1 aliphatic rings. The van der Waals surface area contributed by atoms with E-state index in [1.54, 1.807) is 30.5 Å². The molecular weight excluding hydrogens is 371 g/mol. The highest BCUT2D eigenvalue weighted by atomic mass is 35.5. The maximum Gasteiger partial charge on any atom is 0.252 e. The third-order valence-corrected chi connectivity index (χ3v) is 5.40. The van der Waals surface area contributed by atoms with Crippen molar-refractivity contribution in [2.45, 2.75) is 44.1 Å². The number of nitrogens with zero attached hydrogens (tertiary/aromatic N) is 1. The Balaban J connectivity index is 1.74. The van der Waals surface area contributed by atoms with Gasteiger partial charge in [-0.05, 0) is 37.1 Å². The number of hydrogen-bond acceptors (Lipinski definition) is 3. The van der Waals surface area contributed by atoms with E-state index in [9.17, 15) is 9.90 Å². The van der Waals surface area contributed by atoms with Crippen LogP contribution < -0.4 is 5.32 Å². The molecule has 0 unspecified atom stereocenters. The molecule has 0 saturated heterocycles. The number of aromatic nitrogens is 1. The van der Waals surface area contributed by atoms with Crippen molar-refractivity contribution in [2.75, 3.05) is 6.54 Å². The van der Waals surface area contributed by atoms with Gasteiger partial charge in [-0.1, -0.05) is 55.0 Å². The molecule has 26 heavy (non-hydrogen) atoms. The summed E-state index contributed by atoms with van der Waals surface area (Å²) in [6, 6.07) is 8.75. The lowest BCUT2D eigenvalue weighted by Crippen LogP contribution is -2.42. The Kier molecular flexibility index (Phi) is 6.17. The van der Waals surface area contributed by atoms with Gasteiger partial charge in [0.15, 0.2) is 0 Å². The summed E-state index contributed by atoms with van der Waals surface area (Å²) in [6.45, 7) is 0.242. The number of nitrogens with one attached hydrogen (secondary N) is 1. The van der Waals surface area contributed by atoms with E-state index >= 15 is 0 Å². The molecule has 1 aromatic heterocycles. The van der Waals surface area contributed by atoms with Crippen molar-refractivity contribution < 1.29 is 9.90 Å². The summed E-state index contributed by atoms with van der Waals surface area (Å²) >= 11 is 12.1. The van der Waals surface area contributed by atoms with E-state index in [0.717, 1.165) is 44.1 Å². The third-order valence-electron chi connectivity index (χ3n) is 4.85. The molecule has 138 valence electrons. The Bertz CT molecular complexity index is 770. The summed E-state index contributed by atoms with van der Waals surface area (Å²) in [4.78, 5) is 16.9. The Hall–Kier alpha value is -1.62. The number of aliphatic hydroxyl groups is 1. The first-order valence-electron chi connectivity index (χ1n) is 8.89. The molecule has 1 heterocycles. The number of halogens is 2. The number of rotatable bonds is 4. The van der Waals surface area contributed by atoms with Crippen molar-refractivity contribution in [3.63, 3.8) is 0 Å². The van der Waals surface area contributed by atoms with E-state index in [2.05, 4.69) is 10.3 Å². The predicted octanol–water partition coefficient (Wildman–Crippen LogP) is 4.87. The molecule has 1 aliphatic carbocycles. The second-order valence-electron chi connectivity index (χ2n) is 6.88. The van der Waals surface area contributed by atoms with E-state index in [4.69, 9.17) is 23.2 Å². The molecule has 2 N–H and O–H groups in total. The van der Waals surface area contributed by atoms with Crippen molar-refractivity contribution in [2.24, 2.45) is 0 Å². The molecule has 1 aromatic carbocycles. The largest absolute Gasteiger partial charge is 0.388 e. The van der Waals surface area contributed by atoms with Crippen LogP contribution in [0.2, 0.25) is 10.0 Å². The van der Waals surface area contributed by atoms with Gasteiger partial charge in [0.25, 0.3) is 5.91 Å². The monoisotopic (exact) mass is 392 g/mol. The summed E-state index contributed by atoms with van der Waals surface area (Å²) in [6.07, 6.45) is 7.25. The molecule has 2 aromatic rings. The van der Waals surface area contributed by atoms with Gasteiger partial charge in [-0.3, -0.25) is 9.78 Å². The summed E-state index contributed by atoms with van der Waals surface area (Å²) in [5, 5.41) is 14.5. The number of amides is 1. The first kappa shape index (κ1) is 19.2. The van der Waals surface area contributed by atoms with Gasteiger partial charge in [0, 0.05) is 18.3 Å². The summed E-state index contributed by atoms with van der Waals surface area (Å²) in [5.74, 6) is -0.288. The van der Waals surface area contributed by atoms with Crippen molar-refractivity contribution in [1.82, 2.24) is 10.3 Å². The predicted molar refractivity (Wildman–Crippen MR) is 105 cm³/mol. The molecule has 6 heteroatoms. The smallest absolute Gasteiger partial charge is 0.252 e. The Labute approximate surface area is 163 Å². The van der Waals surface area contributed by atoms with Crippen LogP contribution in [0.15, 0.2) is 36.5 Å². The summed E-state index contributed by atoms with van der Waals surface area (Å²) < 4.78 is 0. The number of pyridine rings is 1. The van der Waals surface area contributed by atoms with Crippen LogP contribution >= 0.6 is 23.2 Å². The molecule has 0 aliphatic heterocycles. The standard InChI is InChI=1S/C20H22Cl2N2O2/c21-15-6-8-18(23-12-15)14-5-7-17(22)16(11-14)19(25)24-13-20(26)9-3-1-2-4-10-20/h5-8,11-12,26H,1-4,9-10,13H2,(H,24,25). The zero-order chi connectivity index (χ0) is 18.6. The van der Waals surface area contributed by atoms with Gasteiger partial charge in [-0.15, -0.1) is 0 Å². The fraction of sp³-hybridized carbons (Fsp3) is 0.400. The highest BCUT2D eigenvalue weighted by Gasteiger charge is 2.28. The SMILES string of the molecule is O=C(NCC1(O)CCCCCC1)c1cc(-c2ccc(Cl)cn2)ccc1Cl. The van der Waals surface area contributed by atoms with Crippen LogP contribution in [0.1, 0.15) is 48.9 Å². The van der Waals surface area contributed by atoms with Gasteiger partial charge in [0.1, 0.15) is 0 Å². The van der Waals surface area contributed by atoms with Crippen molar-refractivity contribution in [3.8, 4) is 11.3 Å². The molecule has 0 atom stereocenters. The van der Waals surface area contributed by atoms with E-state index < -0.39 is 5.60 Å². The number of carbonyl (C=O) groups excluding carboxylic acids is 1. The van der Waals surface area contributed by atoms with Gasteiger partial charge in [-0.25, -0.2) is 0 Å². The Morgan fingerprint density at radius 1 is 1.12 bits per heavy atom. The van der Waals surface area contributed by atoms with Crippen LogP contribution in [0.5, 0.6) is 0 Å². The maximum atomic E-state index is 12.6. The molecule has 1 amide bonds. The van der Waals surface area contributed by atoms with Crippen LogP contribution in [0.3, 0.4) is 0 Å². The van der Waals surface area contributed by atoms with Crippen LogP contribution in [0, 0.1) is 0 Å². The molecule has 1 saturated carbocycles. The topological polar surface area (TPSA) is 62.2 Å². The summed E-state index contributed by atoms with van der Waals surface area (Å²) in [5.41, 5.74) is 1.04. The van der Waals surface area contributed by atoms with Crippen LogP contribution in [0.4, 0.5) is 0 Å². The van der Waals surface area contributed by atoms with E-state index in [0.29, 0.717) is 21.3 Å². The molecule has 3 rings (SSSR count). The second-order valence-corrected chi connectivity index (χ2v) is 7.72. The fourth-order valence-corrected chi connectivity index (χ4v) is 3.62. The van der Waals surface area contributed by atoms with Gasteiger partial charge in [-0.2, -0.15) is 0 Å². The lowest BCUT2D eigenvalue weighted by molar-refractivity contribution is 0.0246. The minimum atomic E-state index is -0.825. The lowest BCUT2D eigenvalue weighted by atomic mass is 9.94. The van der Waals surface area contributed by atoms with Gasteiger partial charge in [0.05, 0.1) is 26.9 Å². The fourth-order valence-electron chi connectivity index (χ4n) is 3.31. The normalized spacial score (nSPS) is 16.7. The second kappa shape index (κ2) is 8.38. The maximum absolute atomic E-state index is 12.6. The molecule has 4 nitrogen and oxygen atoms in total. The van der Waals surface area contributed by atoms with Crippen LogP contribution in [-0.2, 0) is 0 Å². The van der Waals surface area contributed by atoms with Gasteiger partial charge < -0.3 is 10.4 Å². The molecule has 0 radical (unpaired) electrons. The quantitative estimate of drug-likeness (QED) is 0.729. The molecule has 1 fully saturated rings. The van der Waals surface area contributed by atoms with Crippen molar-refractivity contribution >= 4 is 29.1 Å². The average molecular weight is 393 g/mol. The highest BCUT2D eigenvalue weighted by molar-refractivity contribution is 6.34. The van der Waals surface area contributed by atoms with Crippen LogP contribution in [-0.4, -0.2) is 28.1 Å². The van der Waals surface area contributed by atoms with Crippen molar-refractivity contribution in [1.29, 1.82) is 0 Å². The van der Waals surface area contributed by atoms with Gasteiger partial charge in [0.2, 0.25) is 0 Å². The minimum absolute atomic E-state index is 0.242. The first-order chi connectivity index (χ1) is 12.5. The Morgan fingerprint density at radius 2 is 1.85 bits per heavy atom. The number of benzene rings is 1. The minimum Gasteiger partial charge on any atom is -0.388 e. The van der Waals surface area contributed by atoms with Gasteiger partial charge >= 0.3 is 0 Å². The van der Waals surface area contributed by atoms with Crippen LogP contribution in [0.25, 0.3) is 11.3 Å². The number of hydrogen-bond donors (Lipinski definition) is 2. The zero-order valence-electron chi connectivity index (χ0n) is 14.5. The van der Waals surface area contributed by atoms with E-state index in [1.165, 1.54) is 0 Å². The molecule has 0 bridgehead atoms. The van der Waals surface area contributed by atoms with E-state index in [1.807, 2.05) is 6.07 Å². The third kappa shape index (κ3) is 4.76. The molecule has 0 spiro atoms. The Morgan fingerprint density at radius 3 is 2.50 bits per heavy atom. The average Bonchev–Trinajstić information content (AvgIpc) is 2.86. The number of carbonyl (C=O) groups is 1. The van der Waals surface area contributed by atoms with Crippen molar-refractivity contribution in [3.05, 3.63) is 52.1 Å².